The molecule has 0 aliphatic carbocycles. The number of nitrogens with one attached hydrogen (secondary N) is 1. The molecule has 25 heavy (non-hydrogen) atoms. The summed E-state index contributed by atoms with van der Waals surface area (Å²) in [6, 6.07) is 4.49. The summed E-state index contributed by atoms with van der Waals surface area (Å²) >= 11 is 0. The smallest absolute Gasteiger partial charge is 0.328 e. The van der Waals surface area contributed by atoms with Crippen LogP contribution in [0.25, 0.3) is 0 Å². The molecule has 0 aliphatic heterocycles. The van der Waals surface area contributed by atoms with E-state index in [0.29, 0.717) is 0 Å². The Kier molecular flexibility index (Phi) is 10.2. The second kappa shape index (κ2) is 11.3. The molecule has 0 aromatic heterocycles. The minimum Gasteiger partial charge on any atom is -0.508 e. The summed E-state index contributed by atoms with van der Waals surface area (Å²) in [6.45, 7) is 0. The minimum atomic E-state index is -0.894. The number of hydrogen-bond donors (Lipinski definition) is 3. The largest absolute Gasteiger partial charge is 0.508 e. The number of ether oxygens (including phenoxy) is 2. The zero-order valence-electron chi connectivity index (χ0n) is 14.1. The van der Waals surface area contributed by atoms with Crippen LogP contribution in [0.4, 0.5) is 0 Å². The third-order valence-corrected chi connectivity index (χ3v) is 3.38. The van der Waals surface area contributed by atoms with Gasteiger partial charge in [0.25, 0.3) is 0 Å². The fourth-order valence-corrected chi connectivity index (χ4v) is 2.03. The third-order valence-electron chi connectivity index (χ3n) is 3.38. The fraction of sp³-hybridized carbons (Fsp3) is 0.438. The van der Waals surface area contributed by atoms with Crippen molar-refractivity contribution in [2.24, 2.45) is 5.73 Å². The van der Waals surface area contributed by atoms with Gasteiger partial charge in [-0.1, -0.05) is 12.1 Å². The van der Waals surface area contributed by atoms with Gasteiger partial charge in [-0.15, -0.1) is 12.4 Å². The maximum atomic E-state index is 12.0. The van der Waals surface area contributed by atoms with Crippen molar-refractivity contribution in [3.63, 3.8) is 0 Å². The van der Waals surface area contributed by atoms with Crippen molar-refractivity contribution in [2.75, 3.05) is 14.2 Å². The van der Waals surface area contributed by atoms with Gasteiger partial charge >= 0.3 is 11.9 Å². The lowest BCUT2D eigenvalue weighted by atomic mass is 10.1. The molecule has 0 heterocycles. The molecule has 0 spiro atoms. The van der Waals surface area contributed by atoms with E-state index in [-0.39, 0.29) is 37.4 Å². The van der Waals surface area contributed by atoms with E-state index in [1.54, 1.807) is 12.1 Å². The highest BCUT2D eigenvalue weighted by Crippen LogP contribution is 2.12. The molecule has 0 fully saturated rings. The first-order valence-corrected chi connectivity index (χ1v) is 7.36. The summed E-state index contributed by atoms with van der Waals surface area (Å²) in [5, 5.41) is 11.8. The summed E-state index contributed by atoms with van der Waals surface area (Å²) < 4.78 is 9.17. The second-order valence-corrected chi connectivity index (χ2v) is 5.18. The van der Waals surface area contributed by atoms with Crippen LogP contribution in [0.3, 0.4) is 0 Å². The molecule has 0 aliphatic rings. The lowest BCUT2D eigenvalue weighted by Gasteiger charge is -2.17. The average Bonchev–Trinajstić information content (AvgIpc) is 2.59. The fourth-order valence-electron chi connectivity index (χ4n) is 2.03. The maximum absolute atomic E-state index is 12.0. The van der Waals surface area contributed by atoms with E-state index in [1.165, 1.54) is 26.4 Å². The van der Waals surface area contributed by atoms with Gasteiger partial charge in [0.15, 0.2) is 0 Å². The predicted octanol–water partition coefficient (Wildman–Crippen LogP) is 0.295. The molecule has 2 unspecified atom stereocenters. The highest BCUT2D eigenvalue weighted by Gasteiger charge is 2.23. The Labute approximate surface area is 152 Å². The monoisotopic (exact) mass is 374 g/mol. The van der Waals surface area contributed by atoms with Gasteiger partial charge in [-0.2, -0.15) is 0 Å². The Morgan fingerprint density at radius 2 is 1.68 bits per heavy atom. The summed E-state index contributed by atoms with van der Waals surface area (Å²) in [4.78, 5) is 35.0. The van der Waals surface area contributed by atoms with Gasteiger partial charge in [0.05, 0.1) is 14.2 Å². The van der Waals surface area contributed by atoms with Crippen molar-refractivity contribution in [1.29, 1.82) is 0 Å². The number of halogens is 1. The van der Waals surface area contributed by atoms with E-state index in [2.05, 4.69) is 14.8 Å². The van der Waals surface area contributed by atoms with Gasteiger partial charge < -0.3 is 25.6 Å². The number of carbonyl (C=O) groups is 3. The number of hydrogen-bond acceptors (Lipinski definition) is 7. The molecule has 0 radical (unpaired) electrons. The van der Waals surface area contributed by atoms with Crippen molar-refractivity contribution in [1.82, 2.24) is 5.32 Å². The van der Waals surface area contributed by atoms with E-state index < -0.39 is 29.9 Å². The van der Waals surface area contributed by atoms with Gasteiger partial charge in [0.2, 0.25) is 5.91 Å². The second-order valence-electron chi connectivity index (χ2n) is 5.18. The first-order chi connectivity index (χ1) is 11.4. The molecular formula is C16H23ClN2O6. The van der Waals surface area contributed by atoms with Crippen LogP contribution in [-0.2, 0) is 30.3 Å². The molecule has 1 aromatic carbocycles. The quantitative estimate of drug-likeness (QED) is 0.558. The van der Waals surface area contributed by atoms with E-state index >= 15 is 0 Å². The molecule has 4 N–H and O–H groups in total. The first kappa shape index (κ1) is 22.7. The molecular weight excluding hydrogens is 352 g/mol. The number of carbonyl (C=O) groups excluding carboxylic acids is 3. The number of methoxy groups -OCH3 is 2. The van der Waals surface area contributed by atoms with Crippen molar-refractivity contribution >= 4 is 30.3 Å². The predicted molar refractivity (Wildman–Crippen MR) is 92.2 cm³/mol. The summed E-state index contributed by atoms with van der Waals surface area (Å²) in [5.74, 6) is -1.51. The van der Waals surface area contributed by atoms with Gasteiger partial charge in [0.1, 0.15) is 17.8 Å². The third kappa shape index (κ3) is 7.86. The van der Waals surface area contributed by atoms with Crippen LogP contribution in [0.1, 0.15) is 18.4 Å². The van der Waals surface area contributed by atoms with Gasteiger partial charge in [-0.05, 0) is 24.1 Å². The minimum absolute atomic E-state index is 0. The van der Waals surface area contributed by atoms with Gasteiger partial charge in [0, 0.05) is 12.8 Å². The molecule has 1 rings (SSSR count). The lowest BCUT2D eigenvalue weighted by molar-refractivity contribution is -0.145. The number of benzene rings is 1. The van der Waals surface area contributed by atoms with E-state index in [1.807, 2.05) is 0 Å². The zero-order chi connectivity index (χ0) is 18.1. The topological polar surface area (TPSA) is 128 Å². The Hall–Kier alpha value is -2.32. The molecule has 1 aromatic rings. The summed E-state index contributed by atoms with van der Waals surface area (Å²) in [6.07, 6.45) is 0.284. The number of phenolic OH excluding ortho intramolecular Hbond substituents is 1. The SMILES string of the molecule is COC(=O)C(N)CCC(=O)NC(Cc1ccc(O)cc1)C(=O)OC.Cl. The highest BCUT2D eigenvalue weighted by atomic mass is 35.5. The van der Waals surface area contributed by atoms with E-state index in [9.17, 15) is 19.5 Å². The van der Waals surface area contributed by atoms with Crippen molar-refractivity contribution in [3.8, 4) is 5.75 Å². The first-order valence-electron chi connectivity index (χ1n) is 7.36. The van der Waals surface area contributed by atoms with Gasteiger partial charge in [-0.25, -0.2) is 4.79 Å². The van der Waals surface area contributed by atoms with E-state index in [0.717, 1.165) is 5.56 Å². The Morgan fingerprint density at radius 1 is 1.12 bits per heavy atom. The molecule has 140 valence electrons. The molecule has 0 saturated carbocycles. The van der Waals surface area contributed by atoms with Crippen LogP contribution in [0.2, 0.25) is 0 Å². The molecule has 2 atom stereocenters. The van der Waals surface area contributed by atoms with Crippen molar-refractivity contribution in [3.05, 3.63) is 29.8 Å². The highest BCUT2D eigenvalue weighted by molar-refractivity contribution is 5.85. The number of rotatable bonds is 8. The Morgan fingerprint density at radius 3 is 2.20 bits per heavy atom. The normalized spacial score (nSPS) is 12.3. The summed E-state index contributed by atoms with van der Waals surface area (Å²) in [7, 11) is 2.44. The van der Waals surface area contributed by atoms with Crippen LogP contribution >= 0.6 is 12.4 Å². The van der Waals surface area contributed by atoms with Crippen LogP contribution in [0.15, 0.2) is 24.3 Å². The van der Waals surface area contributed by atoms with Crippen LogP contribution in [-0.4, -0.2) is 49.3 Å². The van der Waals surface area contributed by atoms with Gasteiger partial charge in [-0.3, -0.25) is 9.59 Å². The number of nitrogens with two attached hydrogens (primary N) is 1. The Bertz CT molecular complexity index is 578. The lowest BCUT2D eigenvalue weighted by Crippen LogP contribution is -2.43. The van der Waals surface area contributed by atoms with Crippen molar-refractivity contribution < 1.29 is 29.0 Å². The number of phenols is 1. The average molecular weight is 375 g/mol. The van der Waals surface area contributed by atoms with Crippen LogP contribution in [0, 0.1) is 0 Å². The standard InChI is InChI=1S/C16H22N2O6.ClH/c1-23-15(21)12(17)7-8-14(20)18-13(16(22)24-2)9-10-3-5-11(19)6-4-10;/h3-6,12-13,19H,7-9,17H2,1-2H3,(H,18,20);1H. The maximum Gasteiger partial charge on any atom is 0.328 e. The van der Waals surface area contributed by atoms with Crippen LogP contribution < -0.4 is 11.1 Å². The summed E-state index contributed by atoms with van der Waals surface area (Å²) in [5.41, 5.74) is 6.31. The molecule has 0 bridgehead atoms. The zero-order valence-corrected chi connectivity index (χ0v) is 14.9. The molecule has 0 saturated heterocycles. The van der Waals surface area contributed by atoms with Crippen LogP contribution in [0.5, 0.6) is 5.75 Å². The number of amides is 1. The molecule has 8 nitrogen and oxygen atoms in total. The van der Waals surface area contributed by atoms with E-state index in [4.69, 9.17) is 5.73 Å². The number of esters is 2. The molecule has 9 heteroatoms. The van der Waals surface area contributed by atoms with Crippen molar-refractivity contribution in [2.45, 2.75) is 31.3 Å². The molecule has 1 amide bonds. The number of aromatic hydroxyl groups is 1. The Balaban J connectivity index is 0.00000576.